The molecule has 1 atom stereocenters. The average molecular weight is 309 g/mol. The van der Waals surface area contributed by atoms with Crippen molar-refractivity contribution in [1.82, 2.24) is 19.8 Å². The first-order chi connectivity index (χ1) is 11.2. The van der Waals surface area contributed by atoms with Crippen molar-refractivity contribution in [1.29, 1.82) is 5.26 Å². The van der Waals surface area contributed by atoms with Gasteiger partial charge in [0.25, 0.3) is 0 Å². The normalized spacial score (nSPS) is 24.3. The first-order valence-electron chi connectivity index (χ1n) is 8.55. The van der Waals surface area contributed by atoms with Gasteiger partial charge in [0, 0.05) is 18.5 Å². The Labute approximate surface area is 136 Å². The molecule has 3 heterocycles. The molecule has 0 spiro atoms. The third-order valence-electron chi connectivity index (χ3n) is 5.44. The van der Waals surface area contributed by atoms with E-state index in [1.54, 1.807) is 0 Å². The lowest BCUT2D eigenvalue weighted by atomic mass is 10.0. The van der Waals surface area contributed by atoms with Gasteiger partial charge in [-0.15, -0.1) is 0 Å². The van der Waals surface area contributed by atoms with Crippen molar-refractivity contribution in [2.24, 2.45) is 0 Å². The largest absolute Gasteiger partial charge is 0.342 e. The Bertz CT molecular complexity index is 735. The van der Waals surface area contributed by atoms with Crippen LogP contribution in [0.2, 0.25) is 0 Å². The zero-order chi connectivity index (χ0) is 15.8. The number of rotatable bonds is 2. The fraction of sp³-hybridized carbons (Fsp3) is 0.556. The summed E-state index contributed by atoms with van der Waals surface area (Å²) in [5.41, 5.74) is 2.64. The highest BCUT2D eigenvalue weighted by Crippen LogP contribution is 2.30. The van der Waals surface area contributed by atoms with Gasteiger partial charge in [0.05, 0.1) is 22.7 Å². The highest BCUT2D eigenvalue weighted by molar-refractivity contribution is 5.76. The highest BCUT2D eigenvalue weighted by atomic mass is 15.2. The standard InChI is InChI=1S/C18H23N5/c1-22-7-5-15(6-8-22)23-9-4-14(12-23)18-20-16-3-2-13(11-19)10-17(16)21-18/h2-3,10,14-15H,4-9,12H2,1H3,(H,20,21). The van der Waals surface area contributed by atoms with E-state index < -0.39 is 0 Å². The number of H-pyrrole nitrogens is 1. The van der Waals surface area contributed by atoms with Crippen molar-refractivity contribution in [3.8, 4) is 6.07 Å². The van der Waals surface area contributed by atoms with Gasteiger partial charge in [-0.1, -0.05) is 0 Å². The number of nitriles is 1. The fourth-order valence-corrected chi connectivity index (χ4v) is 3.99. The van der Waals surface area contributed by atoms with Gasteiger partial charge < -0.3 is 9.88 Å². The number of hydrogen-bond donors (Lipinski definition) is 1. The van der Waals surface area contributed by atoms with Crippen molar-refractivity contribution < 1.29 is 0 Å². The molecule has 5 nitrogen and oxygen atoms in total. The van der Waals surface area contributed by atoms with Gasteiger partial charge in [0.1, 0.15) is 5.82 Å². The van der Waals surface area contributed by atoms with Crippen molar-refractivity contribution in [2.45, 2.75) is 31.2 Å². The molecule has 0 bridgehead atoms. The molecule has 0 radical (unpaired) electrons. The number of aromatic amines is 1. The molecule has 1 N–H and O–H groups in total. The Kier molecular flexibility index (Phi) is 3.80. The van der Waals surface area contributed by atoms with Crippen LogP contribution in [0.5, 0.6) is 0 Å². The Balaban J connectivity index is 1.48. The van der Waals surface area contributed by atoms with Crippen LogP contribution >= 0.6 is 0 Å². The van der Waals surface area contributed by atoms with Crippen LogP contribution in [0.1, 0.15) is 36.6 Å². The van der Waals surface area contributed by atoms with E-state index in [9.17, 15) is 0 Å². The molecule has 5 heteroatoms. The summed E-state index contributed by atoms with van der Waals surface area (Å²) >= 11 is 0. The first kappa shape index (κ1) is 14.7. The molecule has 2 saturated heterocycles. The van der Waals surface area contributed by atoms with Crippen molar-refractivity contribution >= 4 is 11.0 Å². The predicted molar refractivity (Wildman–Crippen MR) is 90.3 cm³/mol. The van der Waals surface area contributed by atoms with Gasteiger partial charge in [-0.05, 0) is 64.1 Å². The number of nitrogens with zero attached hydrogens (tertiary/aromatic N) is 4. The lowest BCUT2D eigenvalue weighted by molar-refractivity contribution is 0.142. The number of fused-ring (bicyclic) bond motifs is 1. The zero-order valence-electron chi connectivity index (χ0n) is 13.6. The Morgan fingerprint density at radius 1 is 1.22 bits per heavy atom. The summed E-state index contributed by atoms with van der Waals surface area (Å²) in [7, 11) is 2.22. The summed E-state index contributed by atoms with van der Waals surface area (Å²) in [5.74, 6) is 1.58. The number of likely N-dealkylation sites (tertiary alicyclic amines) is 2. The Hall–Kier alpha value is -1.90. The van der Waals surface area contributed by atoms with E-state index in [1.807, 2.05) is 18.2 Å². The summed E-state index contributed by atoms with van der Waals surface area (Å²) in [5, 5.41) is 9.02. The maximum atomic E-state index is 9.02. The minimum atomic E-state index is 0.493. The minimum absolute atomic E-state index is 0.493. The van der Waals surface area contributed by atoms with Gasteiger partial charge in [-0.25, -0.2) is 4.98 Å². The van der Waals surface area contributed by atoms with Gasteiger partial charge in [-0.3, -0.25) is 4.90 Å². The van der Waals surface area contributed by atoms with Gasteiger partial charge >= 0.3 is 0 Å². The molecule has 120 valence electrons. The summed E-state index contributed by atoms with van der Waals surface area (Å²) in [6.07, 6.45) is 3.75. The molecule has 0 saturated carbocycles. The summed E-state index contributed by atoms with van der Waals surface area (Å²) in [6, 6.07) is 8.61. The van der Waals surface area contributed by atoms with Crippen LogP contribution in [-0.2, 0) is 0 Å². The number of piperidine rings is 1. The second-order valence-electron chi connectivity index (χ2n) is 6.98. The van der Waals surface area contributed by atoms with Crippen molar-refractivity contribution in [3.63, 3.8) is 0 Å². The van der Waals surface area contributed by atoms with E-state index in [1.165, 1.54) is 38.9 Å². The predicted octanol–water partition coefficient (Wildman–Crippen LogP) is 2.32. The van der Waals surface area contributed by atoms with Crippen LogP contribution in [-0.4, -0.2) is 59.0 Å². The van der Waals surface area contributed by atoms with E-state index in [0.717, 1.165) is 29.4 Å². The third-order valence-corrected chi connectivity index (χ3v) is 5.44. The Morgan fingerprint density at radius 2 is 2.04 bits per heavy atom. The van der Waals surface area contributed by atoms with E-state index in [0.29, 0.717) is 11.5 Å². The number of aromatic nitrogens is 2. The van der Waals surface area contributed by atoms with E-state index in [2.05, 4.69) is 27.9 Å². The highest BCUT2D eigenvalue weighted by Gasteiger charge is 2.32. The summed E-state index contributed by atoms with van der Waals surface area (Å²) in [4.78, 5) is 13.3. The van der Waals surface area contributed by atoms with Crippen molar-refractivity contribution in [2.75, 3.05) is 33.2 Å². The Morgan fingerprint density at radius 3 is 2.83 bits per heavy atom. The molecule has 23 heavy (non-hydrogen) atoms. The molecular formula is C18H23N5. The monoisotopic (exact) mass is 309 g/mol. The number of benzene rings is 1. The van der Waals surface area contributed by atoms with Crippen LogP contribution in [0, 0.1) is 11.3 Å². The summed E-state index contributed by atoms with van der Waals surface area (Å²) < 4.78 is 0. The molecule has 2 fully saturated rings. The quantitative estimate of drug-likeness (QED) is 0.925. The first-order valence-corrected chi connectivity index (χ1v) is 8.55. The van der Waals surface area contributed by atoms with Crippen LogP contribution in [0.25, 0.3) is 11.0 Å². The van der Waals surface area contributed by atoms with Crippen molar-refractivity contribution in [3.05, 3.63) is 29.6 Å². The number of nitrogens with one attached hydrogen (secondary N) is 1. The topological polar surface area (TPSA) is 58.9 Å². The van der Waals surface area contributed by atoms with E-state index in [-0.39, 0.29) is 0 Å². The molecule has 0 aliphatic carbocycles. The average Bonchev–Trinajstić information content (AvgIpc) is 3.21. The molecule has 4 rings (SSSR count). The smallest absolute Gasteiger partial charge is 0.111 e. The minimum Gasteiger partial charge on any atom is -0.342 e. The molecule has 1 unspecified atom stereocenters. The lowest BCUT2D eigenvalue weighted by Crippen LogP contribution is -2.42. The zero-order valence-corrected chi connectivity index (χ0v) is 13.6. The van der Waals surface area contributed by atoms with Crippen LogP contribution in [0.15, 0.2) is 18.2 Å². The molecule has 2 aliphatic heterocycles. The summed E-state index contributed by atoms with van der Waals surface area (Å²) in [6.45, 7) is 4.72. The lowest BCUT2D eigenvalue weighted by Gasteiger charge is -2.35. The van der Waals surface area contributed by atoms with Crippen LogP contribution in [0.4, 0.5) is 0 Å². The maximum absolute atomic E-state index is 9.02. The SMILES string of the molecule is CN1CCC(N2CCC(c3nc4ccc(C#N)cc4[nH]3)C2)CC1. The van der Waals surface area contributed by atoms with E-state index in [4.69, 9.17) is 10.2 Å². The molecular weight excluding hydrogens is 286 g/mol. The van der Waals surface area contributed by atoms with Gasteiger partial charge in [-0.2, -0.15) is 5.26 Å². The number of hydrogen-bond acceptors (Lipinski definition) is 4. The van der Waals surface area contributed by atoms with Crippen LogP contribution in [0.3, 0.4) is 0 Å². The van der Waals surface area contributed by atoms with E-state index >= 15 is 0 Å². The second kappa shape index (κ2) is 5.95. The molecule has 1 aromatic carbocycles. The molecule has 1 aromatic heterocycles. The van der Waals surface area contributed by atoms with Gasteiger partial charge in [0.2, 0.25) is 0 Å². The molecule has 2 aromatic rings. The second-order valence-corrected chi connectivity index (χ2v) is 6.98. The molecule has 0 amide bonds. The third kappa shape index (κ3) is 2.85. The number of imidazole rings is 1. The fourth-order valence-electron chi connectivity index (χ4n) is 3.99. The van der Waals surface area contributed by atoms with Crippen LogP contribution < -0.4 is 0 Å². The van der Waals surface area contributed by atoms with Gasteiger partial charge in [0.15, 0.2) is 0 Å². The molecule has 2 aliphatic rings. The maximum Gasteiger partial charge on any atom is 0.111 e.